The van der Waals surface area contributed by atoms with Gasteiger partial charge in [-0.2, -0.15) is 10.1 Å². The van der Waals surface area contributed by atoms with E-state index in [1.165, 1.54) is 0 Å². The minimum absolute atomic E-state index is 0. The Morgan fingerprint density at radius 1 is 1.00 bits per heavy atom. The molecule has 1 aliphatic carbocycles. The van der Waals surface area contributed by atoms with Crippen LogP contribution in [-0.2, 0) is 22.3 Å². The zero-order chi connectivity index (χ0) is 30.8. The topological polar surface area (TPSA) is 130 Å². The first-order chi connectivity index (χ1) is 22.1. The quantitative estimate of drug-likeness (QED) is 0.219. The summed E-state index contributed by atoms with van der Waals surface area (Å²) >= 11 is 0. The van der Waals surface area contributed by atoms with Gasteiger partial charge in [0.2, 0.25) is 5.78 Å². The van der Waals surface area contributed by atoms with E-state index in [1.54, 1.807) is 6.33 Å². The second-order valence-corrected chi connectivity index (χ2v) is 12.1. The van der Waals surface area contributed by atoms with Crippen LogP contribution in [0.15, 0.2) is 69.0 Å². The number of hydrogen-bond acceptors (Lipinski definition) is 8. The zero-order valence-electron chi connectivity index (χ0n) is 25.5. The second kappa shape index (κ2) is 15.0. The molecule has 12 heteroatoms. The van der Waals surface area contributed by atoms with E-state index in [0.29, 0.717) is 24.6 Å². The molecule has 0 bridgehead atoms. The molecule has 46 heavy (non-hydrogen) atoms. The van der Waals surface area contributed by atoms with Gasteiger partial charge in [0.25, 0.3) is 5.56 Å². The predicted octanol–water partition coefficient (Wildman–Crippen LogP) is 4.48. The maximum atomic E-state index is 14.3. The Labute approximate surface area is 309 Å². The van der Waals surface area contributed by atoms with E-state index in [4.69, 9.17) is 14.0 Å². The third-order valence-electron chi connectivity index (χ3n) is 9.13. The molecule has 1 N–H and O–H groups in total. The van der Waals surface area contributed by atoms with E-state index < -0.39 is 5.76 Å². The molecule has 0 amide bonds. The first kappa shape index (κ1) is 33.2. The van der Waals surface area contributed by atoms with E-state index in [-0.39, 0.29) is 75.2 Å². The summed E-state index contributed by atoms with van der Waals surface area (Å²) in [5.41, 5.74) is 5.39. The molecule has 0 spiro atoms. The molecule has 1 aliphatic heterocycles. The molecule has 5 aromatic rings. The van der Waals surface area contributed by atoms with Crippen molar-refractivity contribution < 1.29 is 14.0 Å². The number of aromatic nitrogens is 6. The summed E-state index contributed by atoms with van der Waals surface area (Å²) in [6.07, 6.45) is 9.78. The molecule has 0 radical (unpaired) electrons. The number of hydrogen-bond donors (Lipinski definition) is 1. The minimum atomic E-state index is -0.594. The van der Waals surface area contributed by atoms with Crippen LogP contribution in [0.3, 0.4) is 0 Å². The molecule has 236 valence electrons. The molecular formula is C34H39KN6O5. The van der Waals surface area contributed by atoms with Crippen LogP contribution < -0.4 is 11.3 Å². The molecule has 11 nitrogen and oxygen atoms in total. The van der Waals surface area contributed by atoms with Crippen LogP contribution in [0.2, 0.25) is 0 Å². The third-order valence-corrected chi connectivity index (χ3v) is 9.13. The van der Waals surface area contributed by atoms with Gasteiger partial charge >= 0.3 is 57.1 Å². The summed E-state index contributed by atoms with van der Waals surface area (Å²) in [6, 6.07) is 15.9. The van der Waals surface area contributed by atoms with E-state index in [0.717, 1.165) is 91.5 Å². The van der Waals surface area contributed by atoms with E-state index in [9.17, 15) is 9.59 Å². The Bertz CT molecular complexity index is 1880. The number of nitrogens with zero attached hydrogens (tertiary/aromatic N) is 5. The fourth-order valence-corrected chi connectivity index (χ4v) is 6.86. The summed E-state index contributed by atoms with van der Waals surface area (Å²) in [6.45, 7) is 3.60. The SMILES string of the molecule is CCCc1c(Cc2ccc(-c3ccccc3-c3noc(=O)[nH]3)cc2)c(=O)n([C@H]2CC[C@H](OCC3CCCO3)CC2)c2ncnn12.[KH]. The maximum absolute atomic E-state index is 14.3. The molecule has 1 saturated heterocycles. The van der Waals surface area contributed by atoms with E-state index >= 15 is 0 Å². The number of fused-ring (bicyclic) bond motifs is 1. The van der Waals surface area contributed by atoms with Crippen molar-refractivity contribution in [3.8, 4) is 22.5 Å². The number of aromatic amines is 1. The first-order valence-corrected chi connectivity index (χ1v) is 16.0. The molecular weight excluding hydrogens is 612 g/mol. The summed E-state index contributed by atoms with van der Waals surface area (Å²) in [4.78, 5) is 33.1. The Morgan fingerprint density at radius 2 is 1.78 bits per heavy atom. The van der Waals surface area contributed by atoms with Crippen molar-refractivity contribution in [3.05, 3.63) is 92.6 Å². The number of rotatable bonds is 10. The average Bonchev–Trinajstić information content (AvgIpc) is 3.86. The average molecular weight is 651 g/mol. The van der Waals surface area contributed by atoms with E-state index in [2.05, 4.69) is 39.3 Å². The second-order valence-electron chi connectivity index (χ2n) is 12.1. The first-order valence-electron chi connectivity index (χ1n) is 16.0. The van der Waals surface area contributed by atoms with Gasteiger partial charge in [-0.05, 0) is 61.6 Å². The molecule has 1 saturated carbocycles. The van der Waals surface area contributed by atoms with Gasteiger partial charge < -0.3 is 9.47 Å². The van der Waals surface area contributed by atoms with Gasteiger partial charge in [0, 0.05) is 30.2 Å². The summed E-state index contributed by atoms with van der Waals surface area (Å²) in [5, 5.41) is 8.46. The molecule has 2 aromatic carbocycles. The van der Waals surface area contributed by atoms with Crippen molar-refractivity contribution in [1.29, 1.82) is 0 Å². The molecule has 2 fully saturated rings. The third kappa shape index (κ3) is 6.94. The molecule has 1 atom stereocenters. The Morgan fingerprint density at radius 3 is 2.48 bits per heavy atom. The van der Waals surface area contributed by atoms with Gasteiger partial charge in [0.15, 0.2) is 5.82 Å². The molecule has 2 aliphatic rings. The molecule has 3 aromatic heterocycles. The number of nitrogens with one attached hydrogen (secondary N) is 1. The summed E-state index contributed by atoms with van der Waals surface area (Å²) in [7, 11) is 0. The Balaban J connectivity index is 0.00000372. The van der Waals surface area contributed by atoms with Gasteiger partial charge in [0.1, 0.15) is 6.33 Å². The monoisotopic (exact) mass is 650 g/mol. The molecule has 1 unspecified atom stereocenters. The van der Waals surface area contributed by atoms with Crippen LogP contribution in [0.5, 0.6) is 0 Å². The van der Waals surface area contributed by atoms with Crippen molar-refractivity contribution >= 4 is 57.2 Å². The van der Waals surface area contributed by atoms with Crippen LogP contribution >= 0.6 is 0 Å². The predicted molar refractivity (Wildman–Crippen MR) is 175 cm³/mol. The van der Waals surface area contributed by atoms with Crippen LogP contribution in [0.25, 0.3) is 28.3 Å². The zero-order valence-corrected chi connectivity index (χ0v) is 25.5. The fraction of sp³-hybridized carbons (Fsp3) is 0.441. The summed E-state index contributed by atoms with van der Waals surface area (Å²) in [5.74, 6) is 0.409. The van der Waals surface area contributed by atoms with Gasteiger partial charge in [-0.25, -0.2) is 9.31 Å². The van der Waals surface area contributed by atoms with Gasteiger partial charge in [-0.1, -0.05) is 67.0 Å². The van der Waals surface area contributed by atoms with Crippen LogP contribution in [0.1, 0.15) is 74.7 Å². The number of aryl methyl sites for hydroxylation is 1. The van der Waals surface area contributed by atoms with E-state index in [1.807, 2.05) is 45.5 Å². The molecule has 7 rings (SSSR count). The number of H-pyrrole nitrogens is 1. The van der Waals surface area contributed by atoms with Crippen molar-refractivity contribution in [3.63, 3.8) is 0 Å². The van der Waals surface area contributed by atoms with Crippen molar-refractivity contribution in [2.75, 3.05) is 13.2 Å². The van der Waals surface area contributed by atoms with Crippen molar-refractivity contribution in [1.82, 2.24) is 29.3 Å². The Kier molecular flexibility index (Phi) is 10.8. The number of ether oxygens (including phenoxy) is 2. The summed E-state index contributed by atoms with van der Waals surface area (Å²) < 4.78 is 20.4. The van der Waals surface area contributed by atoms with Gasteiger partial charge in [-0.15, -0.1) is 0 Å². The Hall–Kier alpha value is -2.71. The van der Waals surface area contributed by atoms with Crippen molar-refractivity contribution in [2.24, 2.45) is 0 Å². The van der Waals surface area contributed by atoms with Gasteiger partial charge in [0.05, 0.1) is 24.5 Å². The standard InChI is InChI=1S/C34H38N6O5.K.H/c1-2-6-30-29(19-22-10-12-23(13-11-22)27-8-3-4-9-28(27)31-37-34(42)45-38-31)32(41)39(33-35-21-36-40(30)33)24-14-16-25(17-15-24)44-20-26-7-5-18-43-26;;/h3-4,8-13,21,24-26H,2,5-7,14-20H2,1H3,(H,37,38,42);;/t24-,25-,26?;;. The van der Waals surface area contributed by atoms with Crippen LogP contribution in [0, 0.1) is 0 Å². The van der Waals surface area contributed by atoms with Crippen molar-refractivity contribution in [2.45, 2.75) is 83.0 Å². The van der Waals surface area contributed by atoms with Crippen LogP contribution in [0.4, 0.5) is 0 Å². The normalized spacial score (nSPS) is 19.8. The van der Waals surface area contributed by atoms with Crippen LogP contribution in [-0.4, -0.2) is 106 Å². The fourth-order valence-electron chi connectivity index (χ4n) is 6.86. The molecule has 4 heterocycles. The van der Waals surface area contributed by atoms with Gasteiger partial charge in [-0.3, -0.25) is 18.9 Å². The number of benzene rings is 2.